The summed E-state index contributed by atoms with van der Waals surface area (Å²) < 4.78 is 0. The molecule has 0 aliphatic heterocycles. The topological polar surface area (TPSA) is 84.2 Å². The summed E-state index contributed by atoms with van der Waals surface area (Å²) in [7, 11) is 0. The van der Waals surface area contributed by atoms with E-state index in [1.807, 2.05) is 0 Å². The zero-order chi connectivity index (χ0) is 14.1. The van der Waals surface area contributed by atoms with E-state index in [4.69, 9.17) is 5.73 Å². The van der Waals surface area contributed by atoms with Crippen LogP contribution in [0.2, 0.25) is 0 Å². The monoisotopic (exact) mass is 269 g/mol. The van der Waals surface area contributed by atoms with Gasteiger partial charge in [-0.3, -0.25) is 9.59 Å². The Balaban J connectivity index is 2.63. The van der Waals surface area contributed by atoms with Crippen molar-refractivity contribution in [3.8, 4) is 0 Å². The number of rotatable bonds is 7. The summed E-state index contributed by atoms with van der Waals surface area (Å²) >= 11 is 0. The Morgan fingerprint density at radius 2 is 1.89 bits per heavy atom. The van der Waals surface area contributed by atoms with Gasteiger partial charge < -0.3 is 16.4 Å². The van der Waals surface area contributed by atoms with Gasteiger partial charge in [0.25, 0.3) is 0 Å². The maximum atomic E-state index is 12.4. The molecule has 19 heavy (non-hydrogen) atoms. The van der Waals surface area contributed by atoms with E-state index < -0.39 is 5.54 Å². The first-order valence-electron chi connectivity index (χ1n) is 7.44. The van der Waals surface area contributed by atoms with Gasteiger partial charge in [0.1, 0.15) is 5.54 Å². The van der Waals surface area contributed by atoms with Crippen LogP contribution in [0.1, 0.15) is 58.3 Å². The highest BCUT2D eigenvalue weighted by molar-refractivity contribution is 5.91. The third-order valence-electron chi connectivity index (χ3n) is 3.71. The van der Waals surface area contributed by atoms with E-state index in [1.165, 1.54) is 0 Å². The lowest BCUT2D eigenvalue weighted by molar-refractivity contribution is -0.135. The largest absolute Gasteiger partial charge is 0.354 e. The number of carbonyl (C=O) groups excluding carboxylic acids is 2. The summed E-state index contributed by atoms with van der Waals surface area (Å²) in [6.45, 7) is 3.09. The number of unbranched alkanes of at least 4 members (excludes halogenated alkanes) is 1. The Hall–Kier alpha value is -1.10. The highest BCUT2D eigenvalue weighted by Gasteiger charge is 2.40. The molecule has 0 aromatic carbocycles. The average molecular weight is 269 g/mol. The molecule has 1 aliphatic carbocycles. The van der Waals surface area contributed by atoms with Crippen molar-refractivity contribution in [3.63, 3.8) is 0 Å². The molecule has 1 rings (SSSR count). The van der Waals surface area contributed by atoms with Crippen LogP contribution in [0.4, 0.5) is 0 Å². The Bertz CT molecular complexity index is 299. The smallest absolute Gasteiger partial charge is 0.245 e. The fourth-order valence-corrected chi connectivity index (χ4v) is 2.57. The summed E-state index contributed by atoms with van der Waals surface area (Å²) in [5.74, 6) is -0.138. The first kappa shape index (κ1) is 16.0. The second-order valence-electron chi connectivity index (χ2n) is 5.34. The molecule has 0 spiro atoms. The summed E-state index contributed by atoms with van der Waals surface area (Å²) in [5, 5.41) is 5.89. The van der Waals surface area contributed by atoms with Gasteiger partial charge in [-0.2, -0.15) is 0 Å². The molecule has 0 radical (unpaired) electrons. The maximum absolute atomic E-state index is 12.4. The molecule has 0 aromatic rings. The van der Waals surface area contributed by atoms with Crippen molar-refractivity contribution in [1.29, 1.82) is 0 Å². The minimum Gasteiger partial charge on any atom is -0.354 e. The van der Waals surface area contributed by atoms with E-state index >= 15 is 0 Å². The Kier molecular flexibility index (Phi) is 6.84. The molecule has 2 amide bonds. The van der Waals surface area contributed by atoms with Crippen molar-refractivity contribution in [1.82, 2.24) is 10.6 Å². The number of nitrogens with one attached hydrogen (secondary N) is 2. The van der Waals surface area contributed by atoms with Crippen LogP contribution in [0.3, 0.4) is 0 Å². The van der Waals surface area contributed by atoms with Crippen molar-refractivity contribution in [2.45, 2.75) is 63.8 Å². The van der Waals surface area contributed by atoms with Gasteiger partial charge in [0, 0.05) is 19.5 Å². The molecular weight excluding hydrogens is 242 g/mol. The van der Waals surface area contributed by atoms with E-state index in [9.17, 15) is 9.59 Å². The third-order valence-corrected chi connectivity index (χ3v) is 3.71. The van der Waals surface area contributed by atoms with Crippen molar-refractivity contribution < 1.29 is 9.59 Å². The molecule has 0 unspecified atom stereocenters. The van der Waals surface area contributed by atoms with Crippen LogP contribution in [0.15, 0.2) is 0 Å². The fraction of sp³-hybridized carbons (Fsp3) is 0.857. The van der Waals surface area contributed by atoms with E-state index in [0.717, 1.165) is 44.9 Å². The number of nitrogens with two attached hydrogens (primary N) is 1. The first-order chi connectivity index (χ1) is 9.14. The van der Waals surface area contributed by atoms with Gasteiger partial charge in [-0.25, -0.2) is 0 Å². The van der Waals surface area contributed by atoms with E-state index in [-0.39, 0.29) is 18.2 Å². The predicted octanol–water partition coefficient (Wildman–Crippen LogP) is 1.07. The average Bonchev–Trinajstić information content (AvgIpc) is 2.40. The molecule has 0 bridgehead atoms. The highest BCUT2D eigenvalue weighted by atomic mass is 16.2. The van der Waals surface area contributed by atoms with Crippen LogP contribution in [-0.2, 0) is 9.59 Å². The molecule has 5 heteroatoms. The summed E-state index contributed by atoms with van der Waals surface area (Å²) in [5.41, 5.74) is 4.69. The van der Waals surface area contributed by atoms with Crippen molar-refractivity contribution in [3.05, 3.63) is 0 Å². The van der Waals surface area contributed by atoms with E-state index in [1.54, 1.807) is 0 Å². The number of carbonyl (C=O) groups is 2. The lowest BCUT2D eigenvalue weighted by Gasteiger charge is -2.36. The quantitative estimate of drug-likeness (QED) is 0.604. The van der Waals surface area contributed by atoms with Gasteiger partial charge in [-0.15, -0.1) is 0 Å². The molecule has 0 atom stereocenters. The van der Waals surface area contributed by atoms with Gasteiger partial charge >= 0.3 is 0 Å². The molecule has 4 N–H and O–H groups in total. The molecule has 5 nitrogen and oxygen atoms in total. The Labute approximate surface area is 115 Å². The molecule has 110 valence electrons. The molecule has 0 aromatic heterocycles. The first-order valence-corrected chi connectivity index (χ1v) is 7.44. The molecule has 1 aliphatic rings. The van der Waals surface area contributed by atoms with Crippen LogP contribution in [0.25, 0.3) is 0 Å². The Morgan fingerprint density at radius 1 is 1.21 bits per heavy atom. The summed E-state index contributed by atoms with van der Waals surface area (Å²) in [6.07, 6.45) is 6.89. The minimum absolute atomic E-state index is 0.0222. The zero-order valence-corrected chi connectivity index (χ0v) is 12.0. The molecule has 0 saturated heterocycles. The minimum atomic E-state index is -0.696. The molecule has 1 fully saturated rings. The van der Waals surface area contributed by atoms with E-state index in [2.05, 4.69) is 17.6 Å². The van der Waals surface area contributed by atoms with Crippen LogP contribution < -0.4 is 16.4 Å². The number of hydrogen-bond acceptors (Lipinski definition) is 3. The normalized spacial score (nSPS) is 17.8. The summed E-state index contributed by atoms with van der Waals surface area (Å²) in [6, 6.07) is 0. The van der Waals surface area contributed by atoms with Crippen LogP contribution in [0.5, 0.6) is 0 Å². The van der Waals surface area contributed by atoms with Gasteiger partial charge in [-0.1, -0.05) is 32.6 Å². The standard InChI is InChI=1S/C14H27N3O2/c1-2-3-11-16-13(19)14(8-5-4-6-9-14)17-12(18)7-10-15/h2-11,15H2,1H3,(H,16,19)(H,17,18). The predicted molar refractivity (Wildman–Crippen MR) is 75.5 cm³/mol. The highest BCUT2D eigenvalue weighted by Crippen LogP contribution is 2.28. The van der Waals surface area contributed by atoms with Crippen molar-refractivity contribution in [2.24, 2.45) is 5.73 Å². The molecule has 0 heterocycles. The summed E-state index contributed by atoms with van der Waals surface area (Å²) in [4.78, 5) is 24.2. The second kappa shape index (κ2) is 8.15. The van der Waals surface area contributed by atoms with Gasteiger partial charge in [0.2, 0.25) is 11.8 Å². The van der Waals surface area contributed by atoms with Gasteiger partial charge in [-0.05, 0) is 19.3 Å². The van der Waals surface area contributed by atoms with Gasteiger partial charge in [0.15, 0.2) is 0 Å². The SMILES string of the molecule is CCCCNC(=O)C1(NC(=O)CCN)CCCCC1. The van der Waals surface area contributed by atoms with Crippen LogP contribution >= 0.6 is 0 Å². The van der Waals surface area contributed by atoms with Gasteiger partial charge in [0.05, 0.1) is 0 Å². The third kappa shape index (κ3) is 4.82. The lowest BCUT2D eigenvalue weighted by Crippen LogP contribution is -2.60. The fourth-order valence-electron chi connectivity index (χ4n) is 2.57. The van der Waals surface area contributed by atoms with Crippen molar-refractivity contribution in [2.75, 3.05) is 13.1 Å². The van der Waals surface area contributed by atoms with E-state index in [0.29, 0.717) is 13.1 Å². The van der Waals surface area contributed by atoms with Crippen LogP contribution in [-0.4, -0.2) is 30.4 Å². The number of hydrogen-bond donors (Lipinski definition) is 3. The second-order valence-corrected chi connectivity index (χ2v) is 5.34. The molecule has 1 saturated carbocycles. The molecular formula is C14H27N3O2. The number of amides is 2. The zero-order valence-electron chi connectivity index (χ0n) is 12.0. The van der Waals surface area contributed by atoms with Crippen molar-refractivity contribution >= 4 is 11.8 Å². The lowest BCUT2D eigenvalue weighted by atomic mass is 9.80. The Morgan fingerprint density at radius 3 is 2.47 bits per heavy atom. The maximum Gasteiger partial charge on any atom is 0.245 e. The van der Waals surface area contributed by atoms with Crippen LogP contribution in [0, 0.1) is 0 Å².